The molecule has 0 unspecified atom stereocenters. The number of rotatable bonds is 4. The number of nitrogens with two attached hydrogens (primary N) is 1. The predicted octanol–water partition coefficient (Wildman–Crippen LogP) is 3.44. The van der Waals surface area contributed by atoms with Gasteiger partial charge in [0.05, 0.1) is 5.54 Å². The lowest BCUT2D eigenvalue weighted by Crippen LogP contribution is -2.54. The van der Waals surface area contributed by atoms with Crippen molar-refractivity contribution in [1.82, 2.24) is 10.3 Å². The van der Waals surface area contributed by atoms with Gasteiger partial charge in [-0.1, -0.05) is 32.3 Å². The van der Waals surface area contributed by atoms with Crippen molar-refractivity contribution in [3.63, 3.8) is 0 Å². The number of piperidine rings is 1. The molecule has 2 aliphatic rings. The molecule has 3 rings (SSSR count). The lowest BCUT2D eigenvalue weighted by molar-refractivity contribution is -0.127. The van der Waals surface area contributed by atoms with Crippen LogP contribution < -0.4 is 16.0 Å². The van der Waals surface area contributed by atoms with Crippen molar-refractivity contribution in [2.75, 3.05) is 18.0 Å². The molecule has 0 bridgehead atoms. The summed E-state index contributed by atoms with van der Waals surface area (Å²) in [6.45, 7) is 4.98. The van der Waals surface area contributed by atoms with Gasteiger partial charge in [0.25, 0.3) is 0 Å². The van der Waals surface area contributed by atoms with E-state index in [2.05, 4.69) is 34.3 Å². The molecule has 7 heteroatoms. The molecular formula is C19H32Cl2N4O. The minimum atomic E-state index is -0.671. The Morgan fingerprint density at radius 2 is 1.88 bits per heavy atom. The molecule has 3 N–H and O–H groups in total. The molecule has 0 spiro atoms. The highest BCUT2D eigenvalue weighted by molar-refractivity contribution is 5.86. The molecule has 1 aromatic rings. The van der Waals surface area contributed by atoms with Gasteiger partial charge in [-0.25, -0.2) is 4.98 Å². The molecule has 0 atom stereocenters. The molecule has 148 valence electrons. The summed E-state index contributed by atoms with van der Waals surface area (Å²) in [5.41, 5.74) is 6.62. The Hall–Kier alpha value is -1.04. The first kappa shape index (κ1) is 23.0. The first-order valence-corrected chi connectivity index (χ1v) is 9.34. The monoisotopic (exact) mass is 402 g/mol. The Bertz CT molecular complexity index is 553. The maximum Gasteiger partial charge on any atom is 0.240 e. The van der Waals surface area contributed by atoms with Gasteiger partial charge in [-0.15, -0.1) is 24.8 Å². The fourth-order valence-corrected chi connectivity index (χ4v) is 3.71. The van der Waals surface area contributed by atoms with E-state index in [1.54, 1.807) is 0 Å². The molecule has 1 aliphatic carbocycles. The zero-order valence-electron chi connectivity index (χ0n) is 15.6. The lowest BCUT2D eigenvalue weighted by Gasteiger charge is -2.32. The summed E-state index contributed by atoms with van der Waals surface area (Å²) in [4.78, 5) is 19.3. The normalized spacial score (nSPS) is 19.8. The van der Waals surface area contributed by atoms with Gasteiger partial charge in [-0.05, 0) is 43.2 Å². The highest BCUT2D eigenvalue weighted by Gasteiger charge is 2.34. The molecule has 1 aromatic heterocycles. The molecule has 1 amide bonds. The SMILES string of the molecule is CC1CCN(c2ccc(CNC(=O)C3(N)CCCCC3)cn2)CC1.Cl.Cl. The summed E-state index contributed by atoms with van der Waals surface area (Å²) in [5.74, 6) is 1.84. The molecule has 0 aromatic carbocycles. The van der Waals surface area contributed by atoms with Gasteiger partial charge in [-0.2, -0.15) is 0 Å². The maximum atomic E-state index is 12.4. The zero-order valence-corrected chi connectivity index (χ0v) is 17.2. The number of carbonyl (C=O) groups excluding carboxylic acids is 1. The van der Waals surface area contributed by atoms with Crippen LogP contribution in [0.3, 0.4) is 0 Å². The van der Waals surface area contributed by atoms with Crippen LogP contribution >= 0.6 is 24.8 Å². The summed E-state index contributed by atoms with van der Waals surface area (Å²) in [7, 11) is 0. The molecule has 2 fully saturated rings. The summed E-state index contributed by atoms with van der Waals surface area (Å²) in [5, 5.41) is 3.00. The molecule has 1 saturated heterocycles. The van der Waals surface area contributed by atoms with Gasteiger partial charge >= 0.3 is 0 Å². The van der Waals surface area contributed by atoms with Crippen LogP contribution in [0.2, 0.25) is 0 Å². The second-order valence-corrected chi connectivity index (χ2v) is 7.59. The van der Waals surface area contributed by atoms with E-state index < -0.39 is 5.54 Å². The second kappa shape index (κ2) is 10.3. The van der Waals surface area contributed by atoms with Crippen molar-refractivity contribution in [2.24, 2.45) is 11.7 Å². The molecule has 0 radical (unpaired) electrons. The minimum Gasteiger partial charge on any atom is -0.357 e. The molecule has 1 saturated carbocycles. The van der Waals surface area contributed by atoms with Crippen LogP contribution in [0.1, 0.15) is 57.4 Å². The van der Waals surface area contributed by atoms with Crippen LogP contribution in [-0.4, -0.2) is 29.5 Å². The minimum absolute atomic E-state index is 0. The van der Waals surface area contributed by atoms with E-state index in [4.69, 9.17) is 5.73 Å². The molecule has 2 heterocycles. The van der Waals surface area contributed by atoms with Gasteiger partial charge < -0.3 is 16.0 Å². The van der Waals surface area contributed by atoms with Gasteiger partial charge in [0.2, 0.25) is 5.91 Å². The molecule has 26 heavy (non-hydrogen) atoms. The molecule has 1 aliphatic heterocycles. The Morgan fingerprint density at radius 1 is 1.23 bits per heavy atom. The highest BCUT2D eigenvalue weighted by Crippen LogP contribution is 2.26. The standard InChI is InChI=1S/C19H30N4O.2ClH/c1-15-7-11-23(12-8-15)17-6-5-16(13-21-17)14-22-18(24)19(20)9-3-2-4-10-19;;/h5-6,13,15H,2-4,7-12,14,20H2,1H3,(H,22,24);2*1H. The van der Waals surface area contributed by atoms with E-state index >= 15 is 0 Å². The number of nitrogens with one attached hydrogen (secondary N) is 1. The Labute approximate surface area is 169 Å². The molecule has 5 nitrogen and oxygen atoms in total. The Kier molecular flexibility index (Phi) is 9.14. The topological polar surface area (TPSA) is 71.2 Å². The fraction of sp³-hybridized carbons (Fsp3) is 0.684. The number of nitrogens with zero attached hydrogens (tertiary/aromatic N) is 2. The van der Waals surface area contributed by atoms with E-state index in [9.17, 15) is 4.79 Å². The number of anilines is 1. The van der Waals surface area contributed by atoms with E-state index in [1.807, 2.05) is 6.20 Å². The summed E-state index contributed by atoms with van der Waals surface area (Å²) < 4.78 is 0. The largest absolute Gasteiger partial charge is 0.357 e. The van der Waals surface area contributed by atoms with E-state index in [0.717, 1.165) is 56.1 Å². The highest BCUT2D eigenvalue weighted by atomic mass is 35.5. The van der Waals surface area contributed by atoms with Crippen molar-refractivity contribution in [2.45, 2.75) is 64.0 Å². The average molecular weight is 403 g/mol. The van der Waals surface area contributed by atoms with Crippen LogP contribution in [-0.2, 0) is 11.3 Å². The number of amides is 1. The zero-order chi connectivity index (χ0) is 17.0. The van der Waals surface area contributed by atoms with Gasteiger partial charge in [-0.3, -0.25) is 4.79 Å². The molecular weight excluding hydrogens is 371 g/mol. The van der Waals surface area contributed by atoms with Crippen LogP contribution in [0.25, 0.3) is 0 Å². The summed E-state index contributed by atoms with van der Waals surface area (Å²) in [6.07, 6.45) is 9.22. The number of hydrogen-bond donors (Lipinski definition) is 2. The van der Waals surface area contributed by atoms with Crippen LogP contribution in [0.15, 0.2) is 18.3 Å². The van der Waals surface area contributed by atoms with E-state index in [1.165, 1.54) is 19.3 Å². The van der Waals surface area contributed by atoms with Crippen molar-refractivity contribution < 1.29 is 4.79 Å². The van der Waals surface area contributed by atoms with Gasteiger partial charge in [0.1, 0.15) is 5.82 Å². The van der Waals surface area contributed by atoms with Crippen LogP contribution in [0, 0.1) is 5.92 Å². The summed E-state index contributed by atoms with van der Waals surface area (Å²) >= 11 is 0. The van der Waals surface area contributed by atoms with Gasteiger partial charge in [0, 0.05) is 25.8 Å². The Morgan fingerprint density at radius 3 is 2.46 bits per heavy atom. The van der Waals surface area contributed by atoms with Crippen LogP contribution in [0.5, 0.6) is 0 Å². The van der Waals surface area contributed by atoms with E-state index in [0.29, 0.717) is 6.54 Å². The second-order valence-electron chi connectivity index (χ2n) is 7.59. The first-order chi connectivity index (χ1) is 11.6. The van der Waals surface area contributed by atoms with Crippen molar-refractivity contribution in [3.8, 4) is 0 Å². The quantitative estimate of drug-likeness (QED) is 0.808. The maximum absolute atomic E-state index is 12.4. The fourth-order valence-electron chi connectivity index (χ4n) is 3.71. The average Bonchev–Trinajstić information content (AvgIpc) is 2.61. The summed E-state index contributed by atoms with van der Waals surface area (Å²) in [6, 6.07) is 4.13. The number of hydrogen-bond acceptors (Lipinski definition) is 4. The van der Waals surface area contributed by atoms with Gasteiger partial charge in [0.15, 0.2) is 0 Å². The van der Waals surface area contributed by atoms with Crippen molar-refractivity contribution in [3.05, 3.63) is 23.9 Å². The first-order valence-electron chi connectivity index (χ1n) is 9.34. The van der Waals surface area contributed by atoms with Crippen LogP contribution in [0.4, 0.5) is 5.82 Å². The van der Waals surface area contributed by atoms with E-state index in [-0.39, 0.29) is 30.7 Å². The van der Waals surface area contributed by atoms with Crippen molar-refractivity contribution in [1.29, 1.82) is 0 Å². The number of pyridine rings is 1. The third-order valence-electron chi connectivity index (χ3n) is 5.57. The number of aromatic nitrogens is 1. The lowest BCUT2D eigenvalue weighted by atomic mass is 9.82. The number of halogens is 2. The number of carbonyl (C=O) groups is 1. The smallest absolute Gasteiger partial charge is 0.240 e. The Balaban J connectivity index is 0.00000169. The predicted molar refractivity (Wildman–Crippen MR) is 111 cm³/mol. The third-order valence-corrected chi connectivity index (χ3v) is 5.57. The van der Waals surface area contributed by atoms with Crippen molar-refractivity contribution >= 4 is 36.5 Å². The third kappa shape index (κ3) is 5.73.